The van der Waals surface area contributed by atoms with Crippen molar-refractivity contribution in [3.63, 3.8) is 0 Å². The summed E-state index contributed by atoms with van der Waals surface area (Å²) in [6.07, 6.45) is 2.39. The van der Waals surface area contributed by atoms with E-state index in [1.165, 1.54) is 11.1 Å². The van der Waals surface area contributed by atoms with Crippen molar-refractivity contribution in [2.75, 3.05) is 0 Å². The Kier molecular flexibility index (Phi) is 4.99. The lowest BCUT2D eigenvalue weighted by Gasteiger charge is -2.13. The summed E-state index contributed by atoms with van der Waals surface area (Å²) in [7, 11) is 0. The highest BCUT2D eigenvalue weighted by atomic mass is 16.3. The molecule has 0 radical (unpaired) electrons. The Bertz CT molecular complexity index is 872. The Labute approximate surface area is 148 Å². The van der Waals surface area contributed by atoms with Gasteiger partial charge < -0.3 is 5.11 Å². The van der Waals surface area contributed by atoms with E-state index < -0.39 is 0 Å². The molecule has 0 aliphatic rings. The van der Waals surface area contributed by atoms with Crippen LogP contribution in [0.1, 0.15) is 43.7 Å². The average Bonchev–Trinajstić information content (AvgIpc) is 2.61. The molecule has 3 aromatic rings. The van der Waals surface area contributed by atoms with E-state index in [-0.39, 0.29) is 0 Å². The van der Waals surface area contributed by atoms with Crippen molar-refractivity contribution < 1.29 is 9.90 Å². The molecule has 3 aromatic carbocycles. The van der Waals surface area contributed by atoms with Gasteiger partial charge in [0.2, 0.25) is 0 Å². The van der Waals surface area contributed by atoms with E-state index in [1.807, 2.05) is 50.2 Å². The Morgan fingerprint density at radius 3 is 2.16 bits per heavy atom. The number of phenolic OH excluding ortho intramolecular Hbond substituents is 1. The highest BCUT2D eigenvalue weighted by molar-refractivity contribution is 5.76. The van der Waals surface area contributed by atoms with Crippen LogP contribution >= 0.6 is 0 Å². The lowest BCUT2D eigenvalue weighted by atomic mass is 9.92. The summed E-state index contributed by atoms with van der Waals surface area (Å²) in [6, 6.07) is 19.8. The SMILES string of the molecule is Cc1cc(C=O)cc(C)c1Cc1ccc(O)c(Cc2ccccc2)c1. The maximum absolute atomic E-state index is 11.0. The van der Waals surface area contributed by atoms with Gasteiger partial charge >= 0.3 is 0 Å². The number of rotatable bonds is 5. The summed E-state index contributed by atoms with van der Waals surface area (Å²) in [5, 5.41) is 10.2. The Balaban J connectivity index is 1.89. The first-order chi connectivity index (χ1) is 12.1. The number of hydrogen-bond acceptors (Lipinski definition) is 2. The van der Waals surface area contributed by atoms with Gasteiger partial charge in [-0.25, -0.2) is 0 Å². The highest BCUT2D eigenvalue weighted by Crippen LogP contribution is 2.25. The summed E-state index contributed by atoms with van der Waals surface area (Å²) in [6.45, 7) is 4.08. The summed E-state index contributed by atoms with van der Waals surface area (Å²) < 4.78 is 0. The molecule has 25 heavy (non-hydrogen) atoms. The molecule has 0 aliphatic carbocycles. The molecule has 0 unspecified atom stereocenters. The molecular formula is C23H22O2. The summed E-state index contributed by atoms with van der Waals surface area (Å²) in [5.41, 5.74) is 7.48. The smallest absolute Gasteiger partial charge is 0.150 e. The fraction of sp³-hybridized carbons (Fsp3) is 0.174. The van der Waals surface area contributed by atoms with E-state index in [0.29, 0.717) is 17.7 Å². The maximum atomic E-state index is 11.0. The van der Waals surface area contributed by atoms with Crippen LogP contribution in [0.25, 0.3) is 0 Å². The van der Waals surface area contributed by atoms with Crippen LogP contribution in [0.5, 0.6) is 5.75 Å². The van der Waals surface area contributed by atoms with E-state index >= 15 is 0 Å². The van der Waals surface area contributed by atoms with Crippen LogP contribution in [0.4, 0.5) is 0 Å². The molecule has 0 heterocycles. The summed E-state index contributed by atoms with van der Waals surface area (Å²) in [5.74, 6) is 0.331. The van der Waals surface area contributed by atoms with Gasteiger partial charge in [0.1, 0.15) is 12.0 Å². The second kappa shape index (κ2) is 7.35. The molecule has 126 valence electrons. The maximum Gasteiger partial charge on any atom is 0.150 e. The molecule has 0 saturated carbocycles. The standard InChI is InChI=1S/C23H22O2/c1-16-10-20(15-24)11-17(2)22(16)14-19-8-9-23(25)21(13-19)12-18-6-4-3-5-7-18/h3-11,13,15,25H,12,14H2,1-2H3. The van der Waals surface area contributed by atoms with Gasteiger partial charge in [0.15, 0.2) is 0 Å². The number of phenols is 1. The molecule has 0 aliphatic heterocycles. The third kappa shape index (κ3) is 3.97. The van der Waals surface area contributed by atoms with Crippen molar-refractivity contribution in [2.24, 2.45) is 0 Å². The van der Waals surface area contributed by atoms with Crippen molar-refractivity contribution in [2.45, 2.75) is 26.7 Å². The van der Waals surface area contributed by atoms with E-state index in [9.17, 15) is 9.90 Å². The molecule has 0 spiro atoms. The molecule has 0 amide bonds. The summed E-state index contributed by atoms with van der Waals surface area (Å²) >= 11 is 0. The predicted molar refractivity (Wildman–Crippen MR) is 101 cm³/mol. The first kappa shape index (κ1) is 17.0. The van der Waals surface area contributed by atoms with Crippen molar-refractivity contribution in [1.82, 2.24) is 0 Å². The molecule has 0 bridgehead atoms. The van der Waals surface area contributed by atoms with Crippen molar-refractivity contribution in [1.29, 1.82) is 0 Å². The minimum absolute atomic E-state index is 0.331. The van der Waals surface area contributed by atoms with Crippen LogP contribution in [0, 0.1) is 13.8 Å². The molecule has 0 saturated heterocycles. The van der Waals surface area contributed by atoms with Crippen LogP contribution in [0.15, 0.2) is 60.7 Å². The Hall–Kier alpha value is -2.87. The quantitative estimate of drug-likeness (QED) is 0.668. The minimum Gasteiger partial charge on any atom is -0.508 e. The fourth-order valence-corrected chi connectivity index (χ4v) is 3.28. The fourth-order valence-electron chi connectivity index (χ4n) is 3.28. The molecule has 2 nitrogen and oxygen atoms in total. The van der Waals surface area contributed by atoms with Gasteiger partial charge in [-0.2, -0.15) is 0 Å². The molecule has 0 atom stereocenters. The van der Waals surface area contributed by atoms with Crippen LogP contribution in [0.2, 0.25) is 0 Å². The van der Waals surface area contributed by atoms with Gasteiger partial charge in [0, 0.05) is 12.0 Å². The third-order valence-corrected chi connectivity index (χ3v) is 4.62. The van der Waals surface area contributed by atoms with Gasteiger partial charge in [0.05, 0.1) is 0 Å². The first-order valence-electron chi connectivity index (χ1n) is 8.47. The second-order valence-corrected chi connectivity index (χ2v) is 6.55. The van der Waals surface area contributed by atoms with Crippen LogP contribution in [-0.2, 0) is 12.8 Å². The molecule has 0 aromatic heterocycles. The van der Waals surface area contributed by atoms with E-state index in [4.69, 9.17) is 0 Å². The zero-order valence-corrected chi connectivity index (χ0v) is 14.6. The molecule has 3 rings (SSSR count). The van der Waals surface area contributed by atoms with Gasteiger partial charge in [-0.1, -0.05) is 42.5 Å². The first-order valence-corrected chi connectivity index (χ1v) is 8.47. The van der Waals surface area contributed by atoms with Gasteiger partial charge in [0.25, 0.3) is 0 Å². The van der Waals surface area contributed by atoms with Crippen LogP contribution < -0.4 is 0 Å². The van der Waals surface area contributed by atoms with E-state index in [1.54, 1.807) is 6.07 Å². The normalized spacial score (nSPS) is 10.6. The summed E-state index contributed by atoms with van der Waals surface area (Å²) in [4.78, 5) is 11.0. The number of benzene rings is 3. The van der Waals surface area contributed by atoms with Crippen molar-refractivity contribution in [3.8, 4) is 5.75 Å². The number of hydrogen-bond donors (Lipinski definition) is 1. The number of aromatic hydroxyl groups is 1. The lowest BCUT2D eigenvalue weighted by molar-refractivity contribution is 0.112. The second-order valence-electron chi connectivity index (χ2n) is 6.55. The Morgan fingerprint density at radius 1 is 0.840 bits per heavy atom. The predicted octanol–water partition coefficient (Wildman–Crippen LogP) is 5.00. The number of carbonyl (C=O) groups excluding carboxylic acids is 1. The van der Waals surface area contributed by atoms with Crippen molar-refractivity contribution >= 4 is 6.29 Å². The van der Waals surface area contributed by atoms with Crippen LogP contribution in [-0.4, -0.2) is 11.4 Å². The molecule has 2 heteroatoms. The third-order valence-electron chi connectivity index (χ3n) is 4.62. The van der Waals surface area contributed by atoms with Gasteiger partial charge in [-0.05, 0) is 71.8 Å². The van der Waals surface area contributed by atoms with Crippen LogP contribution in [0.3, 0.4) is 0 Å². The number of carbonyl (C=O) groups is 1. The zero-order chi connectivity index (χ0) is 17.8. The van der Waals surface area contributed by atoms with Gasteiger partial charge in [-0.3, -0.25) is 4.79 Å². The highest BCUT2D eigenvalue weighted by Gasteiger charge is 2.09. The van der Waals surface area contributed by atoms with Crippen molar-refractivity contribution in [3.05, 3.63) is 99.6 Å². The topological polar surface area (TPSA) is 37.3 Å². The zero-order valence-electron chi connectivity index (χ0n) is 14.6. The average molecular weight is 330 g/mol. The Morgan fingerprint density at radius 2 is 1.52 bits per heavy atom. The van der Waals surface area contributed by atoms with E-state index in [2.05, 4.69) is 18.2 Å². The van der Waals surface area contributed by atoms with E-state index in [0.717, 1.165) is 35.0 Å². The number of aldehydes is 1. The number of aryl methyl sites for hydroxylation is 2. The largest absolute Gasteiger partial charge is 0.508 e. The minimum atomic E-state index is 0.331. The molecular weight excluding hydrogens is 308 g/mol. The molecule has 0 fully saturated rings. The lowest BCUT2D eigenvalue weighted by Crippen LogP contribution is -1.99. The molecule has 1 N–H and O–H groups in total. The van der Waals surface area contributed by atoms with Gasteiger partial charge in [-0.15, -0.1) is 0 Å². The monoisotopic (exact) mass is 330 g/mol.